The zero-order valence-electron chi connectivity index (χ0n) is 15.7. The summed E-state index contributed by atoms with van der Waals surface area (Å²) in [7, 11) is -3.63. The summed E-state index contributed by atoms with van der Waals surface area (Å²) in [6.07, 6.45) is 0. The molecule has 2 N–H and O–H groups in total. The SMILES string of the molecule is CCN(CC)CC(=O)Nc1ccc(NS(=O)(=O)c2ccc(C)cc2)cc1.Cl. The molecular weight excluding hydrogens is 386 g/mol. The summed E-state index contributed by atoms with van der Waals surface area (Å²) in [6.45, 7) is 7.86. The predicted octanol–water partition coefficient (Wildman–Crippen LogP) is 3.50. The Morgan fingerprint density at radius 3 is 1.96 bits per heavy atom. The number of aryl methyl sites for hydroxylation is 1. The minimum Gasteiger partial charge on any atom is -0.325 e. The zero-order valence-corrected chi connectivity index (χ0v) is 17.4. The van der Waals surface area contributed by atoms with E-state index >= 15 is 0 Å². The molecule has 2 aromatic rings. The van der Waals surface area contributed by atoms with E-state index < -0.39 is 10.0 Å². The first-order valence-electron chi connectivity index (χ1n) is 8.55. The third-order valence-electron chi connectivity index (χ3n) is 4.01. The van der Waals surface area contributed by atoms with Crippen LogP contribution >= 0.6 is 12.4 Å². The average molecular weight is 412 g/mol. The number of hydrogen-bond donors (Lipinski definition) is 2. The van der Waals surface area contributed by atoms with Crippen LogP contribution in [0.15, 0.2) is 53.4 Å². The van der Waals surface area contributed by atoms with E-state index in [0.717, 1.165) is 18.7 Å². The van der Waals surface area contributed by atoms with Gasteiger partial charge in [0.25, 0.3) is 10.0 Å². The van der Waals surface area contributed by atoms with Crippen molar-refractivity contribution >= 4 is 39.7 Å². The van der Waals surface area contributed by atoms with Gasteiger partial charge < -0.3 is 5.32 Å². The molecule has 0 bridgehead atoms. The van der Waals surface area contributed by atoms with Crippen molar-refractivity contribution in [1.82, 2.24) is 4.90 Å². The van der Waals surface area contributed by atoms with Crippen molar-refractivity contribution in [2.75, 3.05) is 29.7 Å². The quantitative estimate of drug-likeness (QED) is 0.696. The number of likely N-dealkylation sites (N-methyl/N-ethyl adjacent to an activating group) is 1. The highest BCUT2D eigenvalue weighted by Gasteiger charge is 2.14. The van der Waals surface area contributed by atoms with Crippen molar-refractivity contribution in [2.24, 2.45) is 0 Å². The molecule has 0 aliphatic heterocycles. The Morgan fingerprint density at radius 2 is 1.44 bits per heavy atom. The van der Waals surface area contributed by atoms with Gasteiger partial charge in [-0.2, -0.15) is 0 Å². The number of benzene rings is 2. The molecule has 0 fully saturated rings. The molecule has 0 atom stereocenters. The lowest BCUT2D eigenvalue weighted by Gasteiger charge is -2.17. The first-order valence-corrected chi connectivity index (χ1v) is 10.0. The second kappa shape index (κ2) is 10.3. The van der Waals surface area contributed by atoms with E-state index in [4.69, 9.17) is 0 Å². The van der Waals surface area contributed by atoms with Gasteiger partial charge in [-0.25, -0.2) is 8.42 Å². The molecule has 0 unspecified atom stereocenters. The molecule has 0 heterocycles. The standard InChI is InChI=1S/C19H25N3O3S.ClH/c1-4-22(5-2)14-19(23)20-16-8-10-17(11-9-16)21-26(24,25)18-12-6-15(3)7-13-18;/h6-13,21H,4-5,14H2,1-3H3,(H,20,23);1H. The fourth-order valence-electron chi connectivity index (χ4n) is 2.40. The van der Waals surface area contributed by atoms with Crippen molar-refractivity contribution in [1.29, 1.82) is 0 Å². The van der Waals surface area contributed by atoms with Crippen LogP contribution < -0.4 is 10.0 Å². The summed E-state index contributed by atoms with van der Waals surface area (Å²) >= 11 is 0. The van der Waals surface area contributed by atoms with Crippen LogP contribution in [0.1, 0.15) is 19.4 Å². The molecule has 0 radical (unpaired) electrons. The molecule has 0 aliphatic rings. The van der Waals surface area contributed by atoms with E-state index in [0.29, 0.717) is 17.9 Å². The van der Waals surface area contributed by atoms with Gasteiger partial charge in [0.15, 0.2) is 0 Å². The van der Waals surface area contributed by atoms with Crippen LogP contribution in [0.5, 0.6) is 0 Å². The molecule has 148 valence electrons. The van der Waals surface area contributed by atoms with E-state index in [9.17, 15) is 13.2 Å². The molecule has 1 amide bonds. The Kier molecular flexibility index (Phi) is 8.75. The summed E-state index contributed by atoms with van der Waals surface area (Å²) in [6, 6.07) is 13.2. The number of halogens is 1. The lowest BCUT2D eigenvalue weighted by molar-refractivity contribution is -0.117. The maximum absolute atomic E-state index is 12.4. The molecule has 2 rings (SSSR count). The maximum atomic E-state index is 12.4. The van der Waals surface area contributed by atoms with Crippen molar-refractivity contribution in [3.8, 4) is 0 Å². The van der Waals surface area contributed by atoms with E-state index in [1.807, 2.05) is 25.7 Å². The van der Waals surface area contributed by atoms with Gasteiger partial charge in [0.2, 0.25) is 5.91 Å². The van der Waals surface area contributed by atoms with Crippen molar-refractivity contribution in [3.63, 3.8) is 0 Å². The van der Waals surface area contributed by atoms with Crippen molar-refractivity contribution in [3.05, 3.63) is 54.1 Å². The number of sulfonamides is 1. The van der Waals surface area contributed by atoms with Crippen LogP contribution in [0.3, 0.4) is 0 Å². The van der Waals surface area contributed by atoms with E-state index in [1.54, 1.807) is 48.5 Å². The second-order valence-electron chi connectivity index (χ2n) is 6.01. The number of nitrogens with zero attached hydrogens (tertiary/aromatic N) is 1. The molecule has 0 spiro atoms. The fraction of sp³-hybridized carbons (Fsp3) is 0.316. The Balaban J connectivity index is 0.00000364. The molecule has 8 heteroatoms. The molecule has 6 nitrogen and oxygen atoms in total. The van der Waals surface area contributed by atoms with E-state index in [2.05, 4.69) is 10.0 Å². The number of anilines is 2. The summed E-state index contributed by atoms with van der Waals surface area (Å²) in [4.78, 5) is 14.2. The molecule has 0 saturated carbocycles. The van der Waals surface area contributed by atoms with Gasteiger partial charge in [0, 0.05) is 11.4 Å². The lowest BCUT2D eigenvalue weighted by atomic mass is 10.2. The molecule has 0 saturated heterocycles. The highest BCUT2D eigenvalue weighted by Crippen LogP contribution is 2.18. The number of carbonyl (C=O) groups is 1. The maximum Gasteiger partial charge on any atom is 0.261 e. The van der Waals surface area contributed by atoms with Crippen molar-refractivity contribution < 1.29 is 13.2 Å². The first kappa shape index (κ1) is 23.0. The van der Waals surface area contributed by atoms with Crippen LogP contribution in [0, 0.1) is 6.92 Å². The fourth-order valence-corrected chi connectivity index (χ4v) is 3.46. The monoisotopic (exact) mass is 411 g/mol. The highest BCUT2D eigenvalue weighted by molar-refractivity contribution is 7.92. The van der Waals surface area contributed by atoms with Gasteiger partial charge in [0.05, 0.1) is 11.4 Å². The van der Waals surface area contributed by atoms with Crippen LogP contribution in [0.4, 0.5) is 11.4 Å². The Hall–Kier alpha value is -2.09. The third kappa shape index (κ3) is 6.86. The highest BCUT2D eigenvalue weighted by atomic mass is 35.5. The minimum atomic E-state index is -3.63. The number of rotatable bonds is 8. The molecule has 0 aliphatic carbocycles. The van der Waals surface area contributed by atoms with Gasteiger partial charge in [-0.15, -0.1) is 12.4 Å². The third-order valence-corrected chi connectivity index (χ3v) is 5.41. The molecule has 0 aromatic heterocycles. The lowest BCUT2D eigenvalue weighted by Crippen LogP contribution is -2.32. The normalized spacial score (nSPS) is 11.0. The minimum absolute atomic E-state index is 0. The average Bonchev–Trinajstić information content (AvgIpc) is 2.61. The number of amides is 1. The summed E-state index contributed by atoms with van der Waals surface area (Å²) in [5.41, 5.74) is 2.06. The summed E-state index contributed by atoms with van der Waals surface area (Å²) in [5.74, 6) is -0.0957. The van der Waals surface area contributed by atoms with Crippen LogP contribution in [0.25, 0.3) is 0 Å². The molecular formula is C19H26ClN3O3S. The van der Waals surface area contributed by atoms with Gasteiger partial charge >= 0.3 is 0 Å². The van der Waals surface area contributed by atoms with Crippen LogP contribution in [0.2, 0.25) is 0 Å². The number of hydrogen-bond acceptors (Lipinski definition) is 4. The Labute approximate surface area is 167 Å². The van der Waals surface area contributed by atoms with Gasteiger partial charge in [-0.1, -0.05) is 31.5 Å². The predicted molar refractivity (Wildman–Crippen MR) is 112 cm³/mol. The van der Waals surface area contributed by atoms with Crippen LogP contribution in [-0.2, 0) is 14.8 Å². The smallest absolute Gasteiger partial charge is 0.261 e. The number of nitrogens with one attached hydrogen (secondary N) is 2. The topological polar surface area (TPSA) is 78.5 Å². The Morgan fingerprint density at radius 1 is 0.926 bits per heavy atom. The molecule has 2 aromatic carbocycles. The second-order valence-corrected chi connectivity index (χ2v) is 7.69. The van der Waals surface area contributed by atoms with Gasteiger partial charge in [-0.05, 0) is 56.4 Å². The van der Waals surface area contributed by atoms with E-state index in [1.165, 1.54) is 0 Å². The largest absolute Gasteiger partial charge is 0.325 e. The first-order chi connectivity index (χ1) is 12.3. The summed E-state index contributed by atoms with van der Waals surface area (Å²) < 4.78 is 27.3. The number of carbonyl (C=O) groups excluding carboxylic acids is 1. The Bertz CT molecular complexity index is 834. The zero-order chi connectivity index (χ0) is 19.2. The summed E-state index contributed by atoms with van der Waals surface area (Å²) in [5, 5.41) is 2.81. The van der Waals surface area contributed by atoms with Crippen molar-refractivity contribution in [2.45, 2.75) is 25.7 Å². The van der Waals surface area contributed by atoms with Crippen LogP contribution in [-0.4, -0.2) is 38.9 Å². The van der Waals surface area contributed by atoms with E-state index in [-0.39, 0.29) is 23.2 Å². The molecule has 27 heavy (non-hydrogen) atoms. The van der Waals surface area contributed by atoms with Gasteiger partial charge in [-0.3, -0.25) is 14.4 Å². The van der Waals surface area contributed by atoms with Gasteiger partial charge in [0.1, 0.15) is 0 Å².